The molecule has 0 aliphatic heterocycles. The highest BCUT2D eigenvalue weighted by Gasteiger charge is 2.27. The van der Waals surface area contributed by atoms with Gasteiger partial charge in [0.05, 0.1) is 0 Å². The molecule has 0 saturated heterocycles. The third-order valence-electron chi connectivity index (χ3n) is 2.34. The first-order valence-corrected chi connectivity index (χ1v) is 7.11. The average molecular weight is 252 g/mol. The van der Waals surface area contributed by atoms with Gasteiger partial charge in [0.25, 0.3) is 10.2 Å². The minimum Gasteiger partial charge on any atom is -0.396 e. The largest absolute Gasteiger partial charge is 0.396 e. The maximum absolute atomic E-state index is 12.1. The van der Waals surface area contributed by atoms with E-state index in [1.54, 1.807) is 7.05 Å². The molecule has 16 heavy (non-hydrogen) atoms. The van der Waals surface area contributed by atoms with Gasteiger partial charge in [0, 0.05) is 32.8 Å². The van der Waals surface area contributed by atoms with Crippen LogP contribution in [0.15, 0.2) is 0 Å². The second kappa shape index (κ2) is 7.21. The van der Waals surface area contributed by atoms with Gasteiger partial charge in [-0.3, -0.25) is 0 Å². The van der Waals surface area contributed by atoms with E-state index in [4.69, 9.17) is 5.11 Å². The Morgan fingerprint density at radius 3 is 2.19 bits per heavy atom. The second-order valence-corrected chi connectivity index (χ2v) is 6.10. The lowest BCUT2D eigenvalue weighted by atomic mass is 10.4. The number of nitrogens with zero attached hydrogens (tertiary/aromatic N) is 2. The van der Waals surface area contributed by atoms with Crippen molar-refractivity contribution >= 4 is 10.2 Å². The molecular formula is C10H24N2O3S. The summed E-state index contributed by atoms with van der Waals surface area (Å²) < 4.78 is 27.1. The zero-order valence-electron chi connectivity index (χ0n) is 10.7. The summed E-state index contributed by atoms with van der Waals surface area (Å²) in [5, 5.41) is 8.70. The number of aliphatic hydroxyl groups excluding tert-OH is 1. The smallest absolute Gasteiger partial charge is 0.281 e. The summed E-state index contributed by atoms with van der Waals surface area (Å²) in [4.78, 5) is 0. The third kappa shape index (κ3) is 4.37. The molecule has 0 fully saturated rings. The Balaban J connectivity index is 4.70. The Morgan fingerprint density at radius 2 is 1.81 bits per heavy atom. The van der Waals surface area contributed by atoms with Crippen molar-refractivity contribution in [1.29, 1.82) is 0 Å². The van der Waals surface area contributed by atoms with Crippen LogP contribution in [-0.2, 0) is 10.2 Å². The van der Waals surface area contributed by atoms with Gasteiger partial charge in [0.15, 0.2) is 0 Å². The number of aliphatic hydroxyl groups is 1. The fourth-order valence-electron chi connectivity index (χ4n) is 1.45. The Bertz CT molecular complexity index is 278. The molecule has 0 rings (SSSR count). The van der Waals surface area contributed by atoms with Crippen LogP contribution < -0.4 is 0 Å². The minimum atomic E-state index is -3.38. The highest BCUT2D eigenvalue weighted by molar-refractivity contribution is 7.86. The van der Waals surface area contributed by atoms with E-state index in [-0.39, 0.29) is 12.6 Å². The van der Waals surface area contributed by atoms with Crippen molar-refractivity contribution in [3.63, 3.8) is 0 Å². The van der Waals surface area contributed by atoms with Crippen LogP contribution in [0.25, 0.3) is 0 Å². The van der Waals surface area contributed by atoms with E-state index in [0.29, 0.717) is 19.5 Å². The highest BCUT2D eigenvalue weighted by atomic mass is 32.2. The van der Waals surface area contributed by atoms with Crippen molar-refractivity contribution in [3.8, 4) is 0 Å². The van der Waals surface area contributed by atoms with Crippen LogP contribution in [-0.4, -0.2) is 54.9 Å². The van der Waals surface area contributed by atoms with Crippen molar-refractivity contribution in [2.24, 2.45) is 0 Å². The molecule has 0 amide bonds. The van der Waals surface area contributed by atoms with Gasteiger partial charge < -0.3 is 5.11 Å². The zero-order valence-corrected chi connectivity index (χ0v) is 11.5. The van der Waals surface area contributed by atoms with Crippen LogP contribution in [0.5, 0.6) is 0 Å². The van der Waals surface area contributed by atoms with Crippen molar-refractivity contribution in [2.75, 3.05) is 26.7 Å². The van der Waals surface area contributed by atoms with Crippen molar-refractivity contribution < 1.29 is 13.5 Å². The molecule has 0 aromatic heterocycles. The summed E-state index contributed by atoms with van der Waals surface area (Å²) in [6.45, 7) is 6.59. The first kappa shape index (κ1) is 15.8. The molecule has 6 heteroatoms. The number of hydrogen-bond donors (Lipinski definition) is 1. The van der Waals surface area contributed by atoms with Gasteiger partial charge >= 0.3 is 0 Å². The van der Waals surface area contributed by atoms with E-state index in [9.17, 15) is 8.42 Å². The molecule has 0 aromatic carbocycles. The van der Waals surface area contributed by atoms with Crippen LogP contribution in [0.4, 0.5) is 0 Å². The van der Waals surface area contributed by atoms with E-state index < -0.39 is 10.2 Å². The maximum atomic E-state index is 12.1. The molecule has 98 valence electrons. The topological polar surface area (TPSA) is 60.9 Å². The summed E-state index contributed by atoms with van der Waals surface area (Å²) >= 11 is 0. The van der Waals surface area contributed by atoms with Crippen LogP contribution >= 0.6 is 0 Å². The number of hydrogen-bond acceptors (Lipinski definition) is 3. The summed E-state index contributed by atoms with van der Waals surface area (Å²) in [6, 6.07) is -0.0403. The predicted octanol–water partition coefficient (Wildman–Crippen LogP) is 0.666. The van der Waals surface area contributed by atoms with E-state index in [0.717, 1.165) is 6.42 Å². The summed E-state index contributed by atoms with van der Waals surface area (Å²) in [6.07, 6.45) is 1.26. The molecule has 0 atom stereocenters. The quantitative estimate of drug-likeness (QED) is 0.690. The predicted molar refractivity (Wildman–Crippen MR) is 65.4 cm³/mol. The van der Waals surface area contributed by atoms with Crippen molar-refractivity contribution in [1.82, 2.24) is 8.61 Å². The average Bonchev–Trinajstić information content (AvgIpc) is 2.21. The molecule has 0 bridgehead atoms. The van der Waals surface area contributed by atoms with Crippen molar-refractivity contribution in [3.05, 3.63) is 0 Å². The molecule has 0 radical (unpaired) electrons. The van der Waals surface area contributed by atoms with E-state index in [1.165, 1.54) is 8.61 Å². The van der Waals surface area contributed by atoms with Crippen LogP contribution in [0, 0.1) is 0 Å². The van der Waals surface area contributed by atoms with E-state index >= 15 is 0 Å². The van der Waals surface area contributed by atoms with Gasteiger partial charge in [-0.05, 0) is 26.7 Å². The van der Waals surface area contributed by atoms with Crippen LogP contribution in [0.2, 0.25) is 0 Å². The summed E-state index contributed by atoms with van der Waals surface area (Å²) in [7, 11) is -1.83. The lowest BCUT2D eigenvalue weighted by Crippen LogP contribution is -2.46. The lowest BCUT2D eigenvalue weighted by Gasteiger charge is -2.30. The Morgan fingerprint density at radius 1 is 1.25 bits per heavy atom. The van der Waals surface area contributed by atoms with Gasteiger partial charge in [-0.2, -0.15) is 17.0 Å². The molecular weight excluding hydrogens is 228 g/mol. The first-order chi connectivity index (χ1) is 7.37. The fourth-order valence-corrected chi connectivity index (χ4v) is 3.11. The van der Waals surface area contributed by atoms with Gasteiger partial charge in [-0.1, -0.05) is 6.92 Å². The first-order valence-electron chi connectivity index (χ1n) is 5.71. The highest BCUT2D eigenvalue weighted by Crippen LogP contribution is 2.11. The minimum absolute atomic E-state index is 0.00924. The number of rotatable bonds is 8. The van der Waals surface area contributed by atoms with Gasteiger partial charge in [-0.15, -0.1) is 0 Å². The molecule has 0 aliphatic carbocycles. The molecule has 0 aromatic rings. The summed E-state index contributed by atoms with van der Waals surface area (Å²) in [5.41, 5.74) is 0. The molecule has 1 N–H and O–H groups in total. The monoisotopic (exact) mass is 252 g/mol. The molecule has 5 nitrogen and oxygen atoms in total. The normalized spacial score (nSPS) is 13.0. The molecule has 0 unspecified atom stereocenters. The van der Waals surface area contributed by atoms with E-state index in [1.807, 2.05) is 20.8 Å². The third-order valence-corrected chi connectivity index (χ3v) is 4.51. The Hall–Kier alpha value is -0.170. The van der Waals surface area contributed by atoms with Gasteiger partial charge in [0.1, 0.15) is 0 Å². The standard InChI is InChI=1S/C10H24N2O3S/c1-5-7-12(10(2)3)16(14,15)11(4)8-6-9-13/h10,13H,5-9H2,1-4H3. The van der Waals surface area contributed by atoms with Crippen LogP contribution in [0.1, 0.15) is 33.6 Å². The molecule has 0 saturated carbocycles. The van der Waals surface area contributed by atoms with Gasteiger partial charge in [0.2, 0.25) is 0 Å². The maximum Gasteiger partial charge on any atom is 0.281 e. The van der Waals surface area contributed by atoms with Crippen molar-refractivity contribution in [2.45, 2.75) is 39.7 Å². The molecule has 0 spiro atoms. The molecule has 0 aliphatic rings. The SMILES string of the molecule is CCCN(C(C)C)S(=O)(=O)N(C)CCCO. The Labute approximate surface area is 99.2 Å². The van der Waals surface area contributed by atoms with Crippen LogP contribution in [0.3, 0.4) is 0 Å². The second-order valence-electron chi connectivity index (χ2n) is 4.11. The van der Waals surface area contributed by atoms with E-state index in [2.05, 4.69) is 0 Å². The Kier molecular flexibility index (Phi) is 7.14. The zero-order chi connectivity index (χ0) is 12.8. The summed E-state index contributed by atoms with van der Waals surface area (Å²) in [5.74, 6) is 0. The lowest BCUT2D eigenvalue weighted by molar-refractivity contribution is 0.267. The fraction of sp³-hybridized carbons (Fsp3) is 1.00. The molecule has 0 heterocycles. The van der Waals surface area contributed by atoms with Gasteiger partial charge in [-0.25, -0.2) is 0 Å².